The van der Waals surface area contributed by atoms with Gasteiger partial charge in [0, 0.05) is 29.9 Å². The van der Waals surface area contributed by atoms with Crippen molar-refractivity contribution in [3.63, 3.8) is 0 Å². The van der Waals surface area contributed by atoms with Gasteiger partial charge in [0.25, 0.3) is 0 Å². The first kappa shape index (κ1) is 14.2. The van der Waals surface area contributed by atoms with Crippen LogP contribution in [0.2, 0.25) is 0 Å². The van der Waals surface area contributed by atoms with E-state index in [0.29, 0.717) is 0 Å². The molecule has 2 rings (SSSR count). The highest BCUT2D eigenvalue weighted by atomic mass is 32.1. The number of aromatic nitrogens is 1. The van der Waals surface area contributed by atoms with Gasteiger partial charge in [0.2, 0.25) is 0 Å². The van der Waals surface area contributed by atoms with Crippen LogP contribution in [0, 0.1) is 0 Å². The number of likely N-dealkylation sites (N-methyl/N-ethyl adjacent to an activating group) is 1. The van der Waals surface area contributed by atoms with Crippen molar-refractivity contribution in [3.05, 3.63) is 52.5 Å². The second kappa shape index (κ2) is 6.80. The standard InChI is InChI=1S/C15H21N3S/c1-3-18(11-13-6-8-17-9-7-13)15(12(2)16)14-5-4-10-19-14/h4-10,12,15H,3,11,16H2,1-2H3. The normalized spacial score (nSPS) is 14.5. The number of hydrogen-bond acceptors (Lipinski definition) is 4. The van der Waals surface area contributed by atoms with Crippen LogP contribution in [0.5, 0.6) is 0 Å². The fourth-order valence-electron chi connectivity index (χ4n) is 2.36. The second-order valence-corrected chi connectivity index (χ2v) is 5.72. The third-order valence-electron chi connectivity index (χ3n) is 3.27. The lowest BCUT2D eigenvalue weighted by molar-refractivity contribution is 0.180. The highest BCUT2D eigenvalue weighted by molar-refractivity contribution is 7.10. The summed E-state index contributed by atoms with van der Waals surface area (Å²) in [6.07, 6.45) is 3.68. The summed E-state index contributed by atoms with van der Waals surface area (Å²) in [5.41, 5.74) is 7.49. The van der Waals surface area contributed by atoms with E-state index in [1.54, 1.807) is 11.3 Å². The van der Waals surface area contributed by atoms with Gasteiger partial charge in [0.1, 0.15) is 0 Å². The molecule has 0 aliphatic rings. The minimum absolute atomic E-state index is 0.112. The van der Waals surface area contributed by atoms with Crippen LogP contribution in [-0.2, 0) is 6.54 Å². The molecule has 2 aromatic rings. The van der Waals surface area contributed by atoms with E-state index < -0.39 is 0 Å². The van der Waals surface area contributed by atoms with Crippen LogP contribution in [0.1, 0.15) is 30.3 Å². The molecule has 0 bridgehead atoms. The Morgan fingerprint density at radius 2 is 2.05 bits per heavy atom. The highest BCUT2D eigenvalue weighted by Crippen LogP contribution is 2.28. The molecule has 0 aliphatic heterocycles. The van der Waals surface area contributed by atoms with Gasteiger partial charge >= 0.3 is 0 Å². The largest absolute Gasteiger partial charge is 0.326 e. The molecule has 0 fully saturated rings. The molecule has 0 spiro atoms. The van der Waals surface area contributed by atoms with Gasteiger partial charge in [-0.05, 0) is 42.6 Å². The molecule has 0 saturated carbocycles. The number of thiophene rings is 1. The van der Waals surface area contributed by atoms with E-state index in [-0.39, 0.29) is 12.1 Å². The zero-order chi connectivity index (χ0) is 13.7. The van der Waals surface area contributed by atoms with Gasteiger partial charge in [0.15, 0.2) is 0 Å². The molecule has 2 N–H and O–H groups in total. The summed E-state index contributed by atoms with van der Waals surface area (Å²) in [6, 6.07) is 8.78. The van der Waals surface area contributed by atoms with E-state index in [1.165, 1.54) is 10.4 Å². The lowest BCUT2D eigenvalue weighted by Crippen LogP contribution is -2.38. The molecular formula is C15H21N3S. The Kier molecular flexibility index (Phi) is 5.07. The lowest BCUT2D eigenvalue weighted by atomic mass is 10.1. The third-order valence-corrected chi connectivity index (χ3v) is 4.21. The number of pyridine rings is 1. The number of nitrogens with two attached hydrogens (primary N) is 1. The van der Waals surface area contributed by atoms with Crippen LogP contribution in [0.3, 0.4) is 0 Å². The molecule has 0 aliphatic carbocycles. The third kappa shape index (κ3) is 3.62. The van der Waals surface area contributed by atoms with Crippen molar-refractivity contribution in [1.82, 2.24) is 9.88 Å². The Morgan fingerprint density at radius 1 is 1.32 bits per heavy atom. The van der Waals surface area contributed by atoms with Gasteiger partial charge in [-0.25, -0.2) is 0 Å². The van der Waals surface area contributed by atoms with E-state index in [2.05, 4.69) is 53.4 Å². The molecule has 2 unspecified atom stereocenters. The molecule has 0 amide bonds. The molecule has 102 valence electrons. The summed E-state index contributed by atoms with van der Waals surface area (Å²) in [7, 11) is 0. The quantitative estimate of drug-likeness (QED) is 0.881. The monoisotopic (exact) mass is 275 g/mol. The van der Waals surface area contributed by atoms with Crippen molar-refractivity contribution < 1.29 is 0 Å². The minimum Gasteiger partial charge on any atom is -0.326 e. The SMILES string of the molecule is CCN(Cc1ccncc1)C(c1cccs1)C(C)N. The molecule has 0 saturated heterocycles. The fourth-order valence-corrected chi connectivity index (χ4v) is 3.34. The Hall–Kier alpha value is -1.23. The summed E-state index contributed by atoms with van der Waals surface area (Å²) in [5.74, 6) is 0. The minimum atomic E-state index is 0.112. The van der Waals surface area contributed by atoms with Crippen molar-refractivity contribution in [3.8, 4) is 0 Å². The Labute approximate surface area is 119 Å². The first-order valence-electron chi connectivity index (χ1n) is 6.64. The van der Waals surface area contributed by atoms with E-state index in [1.807, 2.05) is 12.4 Å². The summed E-state index contributed by atoms with van der Waals surface area (Å²) in [6.45, 7) is 6.15. The van der Waals surface area contributed by atoms with Crippen LogP contribution >= 0.6 is 11.3 Å². The van der Waals surface area contributed by atoms with Crippen molar-refractivity contribution in [2.45, 2.75) is 32.5 Å². The van der Waals surface area contributed by atoms with E-state index in [9.17, 15) is 0 Å². The molecule has 0 aromatic carbocycles. The molecule has 0 radical (unpaired) electrons. The van der Waals surface area contributed by atoms with Gasteiger partial charge in [-0.3, -0.25) is 9.88 Å². The summed E-state index contributed by atoms with van der Waals surface area (Å²) < 4.78 is 0. The first-order chi connectivity index (χ1) is 9.22. The average molecular weight is 275 g/mol. The summed E-state index contributed by atoms with van der Waals surface area (Å²) >= 11 is 1.78. The summed E-state index contributed by atoms with van der Waals surface area (Å²) in [4.78, 5) is 7.83. The molecule has 2 atom stereocenters. The summed E-state index contributed by atoms with van der Waals surface area (Å²) in [5, 5.41) is 2.12. The molecule has 2 aromatic heterocycles. The number of hydrogen-bond donors (Lipinski definition) is 1. The molecule has 2 heterocycles. The van der Waals surface area contributed by atoms with E-state index >= 15 is 0 Å². The number of nitrogens with zero attached hydrogens (tertiary/aromatic N) is 2. The highest BCUT2D eigenvalue weighted by Gasteiger charge is 2.23. The zero-order valence-electron chi connectivity index (χ0n) is 11.5. The van der Waals surface area contributed by atoms with Crippen LogP contribution in [0.4, 0.5) is 0 Å². The van der Waals surface area contributed by atoms with Crippen LogP contribution < -0.4 is 5.73 Å². The zero-order valence-corrected chi connectivity index (χ0v) is 12.3. The van der Waals surface area contributed by atoms with Crippen molar-refractivity contribution >= 4 is 11.3 Å². The molecule has 4 heteroatoms. The smallest absolute Gasteiger partial charge is 0.0593 e. The van der Waals surface area contributed by atoms with Crippen LogP contribution in [-0.4, -0.2) is 22.5 Å². The predicted molar refractivity (Wildman–Crippen MR) is 81.0 cm³/mol. The second-order valence-electron chi connectivity index (χ2n) is 4.74. The number of rotatable bonds is 6. The van der Waals surface area contributed by atoms with Gasteiger partial charge < -0.3 is 5.73 Å². The Bertz CT molecular complexity index is 467. The maximum Gasteiger partial charge on any atom is 0.0593 e. The molecule has 3 nitrogen and oxygen atoms in total. The van der Waals surface area contributed by atoms with Crippen molar-refractivity contribution in [2.75, 3.05) is 6.54 Å². The van der Waals surface area contributed by atoms with Crippen molar-refractivity contribution in [1.29, 1.82) is 0 Å². The van der Waals surface area contributed by atoms with Gasteiger partial charge in [-0.15, -0.1) is 11.3 Å². The Morgan fingerprint density at radius 3 is 2.58 bits per heavy atom. The topological polar surface area (TPSA) is 42.2 Å². The van der Waals surface area contributed by atoms with Crippen molar-refractivity contribution in [2.24, 2.45) is 5.73 Å². The Balaban J connectivity index is 2.18. The molecule has 19 heavy (non-hydrogen) atoms. The first-order valence-corrected chi connectivity index (χ1v) is 7.52. The van der Waals surface area contributed by atoms with Gasteiger partial charge in [-0.1, -0.05) is 13.0 Å². The van der Waals surface area contributed by atoms with E-state index in [0.717, 1.165) is 13.1 Å². The van der Waals surface area contributed by atoms with E-state index in [4.69, 9.17) is 5.73 Å². The van der Waals surface area contributed by atoms with Crippen LogP contribution in [0.25, 0.3) is 0 Å². The van der Waals surface area contributed by atoms with Gasteiger partial charge in [0.05, 0.1) is 6.04 Å². The molecular weight excluding hydrogens is 254 g/mol. The maximum atomic E-state index is 6.21. The maximum absolute atomic E-state index is 6.21. The average Bonchev–Trinajstić information content (AvgIpc) is 2.92. The fraction of sp³-hybridized carbons (Fsp3) is 0.400. The lowest BCUT2D eigenvalue weighted by Gasteiger charge is -2.32. The van der Waals surface area contributed by atoms with Gasteiger partial charge in [-0.2, -0.15) is 0 Å². The van der Waals surface area contributed by atoms with Crippen LogP contribution in [0.15, 0.2) is 42.0 Å². The predicted octanol–water partition coefficient (Wildman–Crippen LogP) is 3.05.